The number of hydrogen-bond donors (Lipinski definition) is 2. The van der Waals surface area contributed by atoms with Crippen molar-refractivity contribution in [3.05, 3.63) is 0 Å². The normalized spacial score (nSPS) is 22.0. The molecule has 8 heteroatoms. The van der Waals surface area contributed by atoms with Crippen molar-refractivity contribution in [1.29, 1.82) is 0 Å². The second-order valence-corrected chi connectivity index (χ2v) is 7.20. The van der Waals surface area contributed by atoms with Crippen molar-refractivity contribution in [3.63, 3.8) is 0 Å². The second-order valence-electron chi connectivity index (χ2n) is 5.58. The fourth-order valence-corrected chi connectivity index (χ4v) is 3.98. The zero-order chi connectivity index (χ0) is 16.0. The van der Waals surface area contributed by atoms with Crippen molar-refractivity contribution in [3.8, 4) is 0 Å². The molecule has 0 bridgehead atoms. The predicted octanol–water partition coefficient (Wildman–Crippen LogP) is 1.22. The first-order valence-electron chi connectivity index (χ1n) is 7.51. The van der Waals surface area contributed by atoms with E-state index in [4.69, 9.17) is 4.74 Å². The van der Waals surface area contributed by atoms with Gasteiger partial charge in [0.25, 0.3) is 0 Å². The standard InChI is InChI=1S/C13H27N3O4S/c1-5-14-11(4)12-8-6-7-9-16(12)21(18,19)15-13(17)20-10(2)3/h10-12,14H,5-9H2,1-4H3,(H,15,17). The van der Waals surface area contributed by atoms with Gasteiger partial charge in [-0.15, -0.1) is 0 Å². The minimum Gasteiger partial charge on any atom is -0.446 e. The number of hydrogen-bond acceptors (Lipinski definition) is 5. The zero-order valence-electron chi connectivity index (χ0n) is 13.3. The molecule has 0 saturated carbocycles. The first kappa shape index (κ1) is 18.2. The molecule has 0 aromatic carbocycles. The fourth-order valence-electron chi connectivity index (χ4n) is 2.59. The van der Waals surface area contributed by atoms with E-state index < -0.39 is 16.3 Å². The molecule has 2 N–H and O–H groups in total. The summed E-state index contributed by atoms with van der Waals surface area (Å²) in [5.74, 6) is 0. The van der Waals surface area contributed by atoms with Crippen LogP contribution >= 0.6 is 0 Å². The Balaban J connectivity index is 2.79. The van der Waals surface area contributed by atoms with Crippen LogP contribution < -0.4 is 10.0 Å². The number of carbonyl (C=O) groups excluding carboxylic acids is 1. The first-order chi connectivity index (χ1) is 9.77. The smallest absolute Gasteiger partial charge is 0.422 e. The van der Waals surface area contributed by atoms with Crippen LogP contribution in [0.15, 0.2) is 0 Å². The van der Waals surface area contributed by atoms with Gasteiger partial charge in [-0.25, -0.2) is 9.52 Å². The molecule has 0 aromatic rings. The van der Waals surface area contributed by atoms with Crippen LogP contribution in [-0.2, 0) is 14.9 Å². The Morgan fingerprint density at radius 2 is 2.00 bits per heavy atom. The van der Waals surface area contributed by atoms with E-state index in [0.717, 1.165) is 25.8 Å². The molecule has 1 saturated heterocycles. The summed E-state index contributed by atoms with van der Waals surface area (Å²) in [5, 5.41) is 3.25. The number of carbonyl (C=O) groups is 1. The van der Waals surface area contributed by atoms with Gasteiger partial charge in [-0.2, -0.15) is 12.7 Å². The third kappa shape index (κ3) is 5.44. The van der Waals surface area contributed by atoms with Gasteiger partial charge >= 0.3 is 16.3 Å². The highest BCUT2D eigenvalue weighted by atomic mass is 32.2. The number of likely N-dealkylation sites (N-methyl/N-ethyl adjacent to an activating group) is 1. The zero-order valence-corrected chi connectivity index (χ0v) is 14.1. The van der Waals surface area contributed by atoms with Crippen LogP contribution in [0.3, 0.4) is 0 Å². The number of amides is 1. The molecule has 1 aliphatic heterocycles. The van der Waals surface area contributed by atoms with E-state index in [1.165, 1.54) is 4.31 Å². The quantitative estimate of drug-likeness (QED) is 0.768. The Morgan fingerprint density at radius 1 is 1.33 bits per heavy atom. The third-order valence-corrected chi connectivity index (χ3v) is 4.96. The molecule has 0 aromatic heterocycles. The van der Waals surface area contributed by atoms with Crippen LogP contribution in [0.2, 0.25) is 0 Å². The molecular weight excluding hydrogens is 294 g/mol. The molecule has 2 atom stereocenters. The van der Waals surface area contributed by atoms with E-state index in [1.807, 2.05) is 18.6 Å². The maximum absolute atomic E-state index is 12.4. The lowest BCUT2D eigenvalue weighted by Crippen LogP contribution is -2.56. The van der Waals surface area contributed by atoms with Gasteiger partial charge in [-0.05, 0) is 40.2 Å². The van der Waals surface area contributed by atoms with Crippen LogP contribution in [0, 0.1) is 0 Å². The molecule has 2 unspecified atom stereocenters. The highest BCUT2D eigenvalue weighted by Crippen LogP contribution is 2.22. The summed E-state index contributed by atoms with van der Waals surface area (Å²) in [5.41, 5.74) is 0. The Hall–Kier alpha value is -0.860. The average molecular weight is 321 g/mol. The highest BCUT2D eigenvalue weighted by Gasteiger charge is 2.36. The lowest BCUT2D eigenvalue weighted by Gasteiger charge is -2.38. The number of piperidine rings is 1. The lowest BCUT2D eigenvalue weighted by atomic mass is 9.99. The minimum atomic E-state index is -3.87. The molecule has 0 aliphatic carbocycles. The molecule has 1 heterocycles. The summed E-state index contributed by atoms with van der Waals surface area (Å²) >= 11 is 0. The van der Waals surface area contributed by atoms with Gasteiger partial charge < -0.3 is 10.1 Å². The van der Waals surface area contributed by atoms with Gasteiger partial charge in [0.2, 0.25) is 0 Å². The Morgan fingerprint density at radius 3 is 2.57 bits per heavy atom. The largest absolute Gasteiger partial charge is 0.446 e. The lowest BCUT2D eigenvalue weighted by molar-refractivity contribution is 0.120. The maximum Gasteiger partial charge on any atom is 0.422 e. The number of ether oxygens (including phenoxy) is 1. The summed E-state index contributed by atoms with van der Waals surface area (Å²) in [7, 11) is -3.87. The molecule has 124 valence electrons. The van der Waals surface area contributed by atoms with Crippen molar-refractivity contribution < 1.29 is 17.9 Å². The Kier molecular flexibility index (Phi) is 6.89. The molecule has 0 radical (unpaired) electrons. The first-order valence-corrected chi connectivity index (χ1v) is 8.95. The van der Waals surface area contributed by atoms with Crippen molar-refractivity contribution in [2.45, 2.75) is 65.1 Å². The minimum absolute atomic E-state index is 0.0352. The van der Waals surface area contributed by atoms with Gasteiger partial charge in [0.15, 0.2) is 0 Å². The van der Waals surface area contributed by atoms with E-state index in [1.54, 1.807) is 13.8 Å². The van der Waals surface area contributed by atoms with Crippen LogP contribution in [0.1, 0.15) is 47.0 Å². The summed E-state index contributed by atoms with van der Waals surface area (Å²) in [6.45, 7) is 8.48. The van der Waals surface area contributed by atoms with Crippen molar-refractivity contribution in [2.24, 2.45) is 0 Å². The topological polar surface area (TPSA) is 87.7 Å². The molecule has 1 rings (SSSR count). The fraction of sp³-hybridized carbons (Fsp3) is 0.923. The molecule has 0 spiro atoms. The molecule has 1 amide bonds. The average Bonchev–Trinajstić information content (AvgIpc) is 2.37. The summed E-state index contributed by atoms with van der Waals surface area (Å²) < 4.78 is 33.0. The van der Waals surface area contributed by atoms with E-state index in [-0.39, 0.29) is 18.2 Å². The molecule has 21 heavy (non-hydrogen) atoms. The van der Waals surface area contributed by atoms with Crippen LogP contribution in [0.4, 0.5) is 4.79 Å². The van der Waals surface area contributed by atoms with Crippen LogP contribution in [0.25, 0.3) is 0 Å². The van der Waals surface area contributed by atoms with E-state index in [2.05, 4.69) is 5.32 Å². The number of rotatable bonds is 6. The third-order valence-electron chi connectivity index (χ3n) is 3.47. The van der Waals surface area contributed by atoms with E-state index in [9.17, 15) is 13.2 Å². The maximum atomic E-state index is 12.4. The van der Waals surface area contributed by atoms with Crippen LogP contribution in [0.5, 0.6) is 0 Å². The Labute approximate surface area is 127 Å². The van der Waals surface area contributed by atoms with Gasteiger partial charge in [0.05, 0.1) is 6.10 Å². The summed E-state index contributed by atoms with van der Waals surface area (Å²) in [6.07, 6.45) is 1.29. The van der Waals surface area contributed by atoms with Crippen molar-refractivity contribution in [1.82, 2.24) is 14.3 Å². The Bertz CT molecular complexity index is 439. The monoisotopic (exact) mass is 321 g/mol. The highest BCUT2D eigenvalue weighted by molar-refractivity contribution is 7.87. The van der Waals surface area contributed by atoms with E-state index >= 15 is 0 Å². The summed E-state index contributed by atoms with van der Waals surface area (Å²) in [4.78, 5) is 11.6. The number of nitrogens with zero attached hydrogens (tertiary/aromatic N) is 1. The van der Waals surface area contributed by atoms with Gasteiger partial charge in [0, 0.05) is 18.6 Å². The van der Waals surface area contributed by atoms with Gasteiger partial charge in [0.1, 0.15) is 0 Å². The second kappa shape index (κ2) is 7.95. The predicted molar refractivity (Wildman–Crippen MR) is 81.2 cm³/mol. The summed E-state index contributed by atoms with van der Waals surface area (Å²) in [6, 6.07) is -0.115. The molecule has 1 fully saturated rings. The van der Waals surface area contributed by atoms with Gasteiger partial charge in [-0.1, -0.05) is 13.3 Å². The molecular formula is C13H27N3O4S. The van der Waals surface area contributed by atoms with Gasteiger partial charge in [-0.3, -0.25) is 0 Å². The number of nitrogens with one attached hydrogen (secondary N) is 2. The van der Waals surface area contributed by atoms with Crippen molar-refractivity contribution in [2.75, 3.05) is 13.1 Å². The van der Waals surface area contributed by atoms with Crippen molar-refractivity contribution >= 4 is 16.3 Å². The molecule has 1 aliphatic rings. The van der Waals surface area contributed by atoms with E-state index in [0.29, 0.717) is 6.54 Å². The SMILES string of the molecule is CCNC(C)C1CCCCN1S(=O)(=O)NC(=O)OC(C)C. The van der Waals surface area contributed by atoms with Crippen LogP contribution in [-0.4, -0.2) is 50.1 Å². The molecule has 7 nitrogen and oxygen atoms in total.